The molecule has 0 bridgehead atoms. The summed E-state index contributed by atoms with van der Waals surface area (Å²) in [6.07, 6.45) is 1.49. The first-order valence-electron chi connectivity index (χ1n) is 4.31. The summed E-state index contributed by atoms with van der Waals surface area (Å²) < 4.78 is 0.982. The summed E-state index contributed by atoms with van der Waals surface area (Å²) in [5.41, 5.74) is 0.592. The van der Waals surface area contributed by atoms with Crippen molar-refractivity contribution in [2.75, 3.05) is 5.84 Å². The fourth-order valence-corrected chi connectivity index (χ4v) is 1.38. The number of nitrogen functional groups attached to an aromatic ring is 1. The van der Waals surface area contributed by atoms with Gasteiger partial charge in [0.25, 0.3) is 5.56 Å². The van der Waals surface area contributed by atoms with Crippen LogP contribution in [0.4, 0.5) is 0 Å². The van der Waals surface area contributed by atoms with E-state index < -0.39 is 5.56 Å². The molecule has 0 unspecified atom stereocenters. The molecule has 0 fully saturated rings. The minimum absolute atomic E-state index is 0.108. The topological polar surface area (TPSA) is 96.9 Å². The van der Waals surface area contributed by atoms with Gasteiger partial charge in [-0.1, -0.05) is 0 Å². The molecule has 6 nitrogen and oxygen atoms in total. The number of nitrogens with zero attached hydrogens (tertiary/aromatic N) is 2. The van der Waals surface area contributed by atoms with E-state index in [0.29, 0.717) is 11.4 Å². The van der Waals surface area contributed by atoms with Crippen LogP contribution in [0.15, 0.2) is 23.1 Å². The van der Waals surface area contributed by atoms with Crippen molar-refractivity contribution in [3.63, 3.8) is 0 Å². The number of aromatic hydroxyl groups is 1. The first-order chi connectivity index (χ1) is 7.11. The second-order valence-corrected chi connectivity index (χ2v) is 3.19. The standard InChI is InChI=1S/C9H10N4O2/c1-5-4-7(14)8(9(15)13(5)10)6-2-3-11-12-6/h2-4,14H,10H2,1H3,(H,11,12). The average molecular weight is 206 g/mol. The van der Waals surface area contributed by atoms with Crippen molar-refractivity contribution < 1.29 is 5.11 Å². The van der Waals surface area contributed by atoms with Crippen LogP contribution in [0.1, 0.15) is 5.69 Å². The van der Waals surface area contributed by atoms with Crippen LogP contribution in [0.25, 0.3) is 11.3 Å². The Labute approximate surface area is 84.9 Å². The lowest BCUT2D eigenvalue weighted by molar-refractivity contribution is 0.473. The molecule has 0 saturated heterocycles. The van der Waals surface area contributed by atoms with Crippen LogP contribution in [0, 0.1) is 6.92 Å². The van der Waals surface area contributed by atoms with E-state index in [9.17, 15) is 9.90 Å². The number of nitrogens with two attached hydrogens (primary N) is 1. The van der Waals surface area contributed by atoms with Crippen molar-refractivity contribution in [1.82, 2.24) is 14.9 Å². The molecule has 2 aromatic heterocycles. The van der Waals surface area contributed by atoms with E-state index >= 15 is 0 Å². The Morgan fingerprint density at radius 2 is 2.33 bits per heavy atom. The summed E-state index contributed by atoms with van der Waals surface area (Å²) in [4.78, 5) is 11.7. The molecule has 0 amide bonds. The number of hydrogen-bond acceptors (Lipinski definition) is 4. The first-order valence-corrected chi connectivity index (χ1v) is 4.31. The quantitative estimate of drug-likeness (QED) is 0.570. The van der Waals surface area contributed by atoms with Crippen LogP contribution in [-0.2, 0) is 0 Å². The average Bonchev–Trinajstić information content (AvgIpc) is 2.68. The maximum atomic E-state index is 11.7. The van der Waals surface area contributed by atoms with Crippen LogP contribution in [0.3, 0.4) is 0 Å². The highest BCUT2D eigenvalue weighted by Crippen LogP contribution is 2.23. The molecule has 0 aliphatic carbocycles. The summed E-state index contributed by atoms with van der Waals surface area (Å²) in [6.45, 7) is 1.64. The molecule has 0 spiro atoms. The fourth-order valence-electron chi connectivity index (χ4n) is 1.38. The van der Waals surface area contributed by atoms with E-state index in [-0.39, 0.29) is 11.3 Å². The highest BCUT2D eigenvalue weighted by molar-refractivity contribution is 5.65. The van der Waals surface area contributed by atoms with Gasteiger partial charge < -0.3 is 10.9 Å². The van der Waals surface area contributed by atoms with Crippen LogP contribution >= 0.6 is 0 Å². The second kappa shape index (κ2) is 3.16. The van der Waals surface area contributed by atoms with Crippen LogP contribution < -0.4 is 11.4 Å². The van der Waals surface area contributed by atoms with Crippen molar-refractivity contribution in [3.05, 3.63) is 34.4 Å². The molecule has 2 aromatic rings. The van der Waals surface area contributed by atoms with Crippen molar-refractivity contribution in [2.45, 2.75) is 6.92 Å². The summed E-state index contributed by atoms with van der Waals surface area (Å²) in [5.74, 6) is 5.41. The van der Waals surface area contributed by atoms with Gasteiger partial charge in [-0.3, -0.25) is 9.89 Å². The normalized spacial score (nSPS) is 10.5. The van der Waals surface area contributed by atoms with E-state index in [1.54, 1.807) is 13.0 Å². The van der Waals surface area contributed by atoms with Crippen molar-refractivity contribution in [3.8, 4) is 17.0 Å². The number of nitrogens with one attached hydrogen (secondary N) is 1. The number of aryl methyl sites for hydroxylation is 1. The predicted molar refractivity (Wildman–Crippen MR) is 54.8 cm³/mol. The van der Waals surface area contributed by atoms with Gasteiger partial charge in [-0.25, -0.2) is 4.68 Å². The molecular weight excluding hydrogens is 196 g/mol. The maximum Gasteiger partial charge on any atom is 0.282 e. The lowest BCUT2D eigenvalue weighted by Crippen LogP contribution is -2.30. The molecule has 4 N–H and O–H groups in total. The molecule has 0 aliphatic heterocycles. The molecule has 0 radical (unpaired) electrons. The van der Waals surface area contributed by atoms with E-state index in [1.165, 1.54) is 12.3 Å². The molecule has 15 heavy (non-hydrogen) atoms. The van der Waals surface area contributed by atoms with Gasteiger partial charge in [-0.05, 0) is 13.0 Å². The Morgan fingerprint density at radius 1 is 1.60 bits per heavy atom. The van der Waals surface area contributed by atoms with Gasteiger partial charge in [0, 0.05) is 18.0 Å². The highest BCUT2D eigenvalue weighted by Gasteiger charge is 2.13. The summed E-state index contributed by atoms with van der Waals surface area (Å²) in [6, 6.07) is 3.02. The van der Waals surface area contributed by atoms with Gasteiger partial charge in [0.1, 0.15) is 11.3 Å². The van der Waals surface area contributed by atoms with E-state index in [1.807, 2.05) is 0 Å². The molecule has 0 aliphatic rings. The third-order valence-corrected chi connectivity index (χ3v) is 2.18. The monoisotopic (exact) mass is 206 g/mol. The molecule has 2 rings (SSSR count). The Hall–Kier alpha value is -2.24. The minimum atomic E-state index is -0.461. The van der Waals surface area contributed by atoms with Crippen molar-refractivity contribution in [1.29, 1.82) is 0 Å². The van der Waals surface area contributed by atoms with Crippen molar-refractivity contribution >= 4 is 0 Å². The summed E-state index contributed by atoms with van der Waals surface area (Å²) >= 11 is 0. The Kier molecular flexibility index (Phi) is 1.96. The molecule has 6 heteroatoms. The number of H-pyrrole nitrogens is 1. The van der Waals surface area contributed by atoms with Gasteiger partial charge in [0.2, 0.25) is 0 Å². The van der Waals surface area contributed by atoms with Crippen molar-refractivity contribution in [2.24, 2.45) is 0 Å². The zero-order valence-corrected chi connectivity index (χ0v) is 8.06. The van der Waals surface area contributed by atoms with Gasteiger partial charge in [0.15, 0.2) is 0 Å². The van der Waals surface area contributed by atoms with Gasteiger partial charge >= 0.3 is 0 Å². The Balaban J connectivity index is 2.78. The molecule has 0 aromatic carbocycles. The number of hydrogen-bond donors (Lipinski definition) is 3. The zero-order chi connectivity index (χ0) is 11.0. The van der Waals surface area contributed by atoms with Gasteiger partial charge in [0.05, 0.1) is 5.69 Å². The second-order valence-electron chi connectivity index (χ2n) is 3.19. The van der Waals surface area contributed by atoms with Gasteiger partial charge in [-0.15, -0.1) is 0 Å². The van der Waals surface area contributed by atoms with Crippen LogP contribution in [-0.4, -0.2) is 20.0 Å². The number of pyridine rings is 1. The third kappa shape index (κ3) is 1.35. The van der Waals surface area contributed by atoms with Gasteiger partial charge in [-0.2, -0.15) is 5.10 Å². The van der Waals surface area contributed by atoms with E-state index in [2.05, 4.69) is 10.2 Å². The van der Waals surface area contributed by atoms with Crippen LogP contribution in [0.5, 0.6) is 5.75 Å². The molecular formula is C9H10N4O2. The Morgan fingerprint density at radius 3 is 2.93 bits per heavy atom. The SMILES string of the molecule is Cc1cc(O)c(-c2ccn[nH]2)c(=O)n1N. The summed E-state index contributed by atoms with van der Waals surface area (Å²) in [5, 5.41) is 16.0. The minimum Gasteiger partial charge on any atom is -0.507 e. The molecule has 0 atom stereocenters. The van der Waals surface area contributed by atoms with Crippen LogP contribution in [0.2, 0.25) is 0 Å². The largest absolute Gasteiger partial charge is 0.507 e. The number of rotatable bonds is 1. The predicted octanol–water partition coefficient (Wildman–Crippen LogP) is -0.0338. The maximum absolute atomic E-state index is 11.7. The lowest BCUT2D eigenvalue weighted by atomic mass is 10.1. The molecule has 78 valence electrons. The van der Waals surface area contributed by atoms with E-state index in [4.69, 9.17) is 5.84 Å². The number of aromatic nitrogens is 3. The number of aromatic amines is 1. The highest BCUT2D eigenvalue weighted by atomic mass is 16.3. The summed E-state index contributed by atoms with van der Waals surface area (Å²) in [7, 11) is 0. The fraction of sp³-hybridized carbons (Fsp3) is 0.111. The zero-order valence-electron chi connectivity index (χ0n) is 8.06. The smallest absolute Gasteiger partial charge is 0.282 e. The molecule has 0 saturated carbocycles. The lowest BCUT2D eigenvalue weighted by Gasteiger charge is -2.07. The third-order valence-electron chi connectivity index (χ3n) is 2.18. The molecule has 2 heterocycles. The Bertz CT molecular complexity index is 542. The first kappa shape index (κ1) is 9.32. The van der Waals surface area contributed by atoms with E-state index in [0.717, 1.165) is 4.68 Å².